The van der Waals surface area contributed by atoms with Crippen molar-refractivity contribution in [2.75, 3.05) is 32.7 Å². The van der Waals surface area contributed by atoms with Gasteiger partial charge in [0.15, 0.2) is 5.96 Å². The molecule has 1 aromatic heterocycles. The van der Waals surface area contributed by atoms with E-state index in [0.717, 1.165) is 32.1 Å². The maximum absolute atomic E-state index is 4.84. The Morgan fingerprint density at radius 2 is 2.25 bits per heavy atom. The van der Waals surface area contributed by atoms with Crippen LogP contribution in [0, 0.1) is 5.92 Å². The first-order chi connectivity index (χ1) is 11.8. The van der Waals surface area contributed by atoms with E-state index in [1.165, 1.54) is 50.1 Å². The van der Waals surface area contributed by atoms with Crippen LogP contribution in [-0.4, -0.2) is 43.6 Å². The number of guanidine groups is 1. The molecule has 0 bridgehead atoms. The van der Waals surface area contributed by atoms with Gasteiger partial charge in [0.1, 0.15) is 0 Å². The van der Waals surface area contributed by atoms with Gasteiger partial charge in [-0.1, -0.05) is 25.8 Å². The van der Waals surface area contributed by atoms with Gasteiger partial charge < -0.3 is 10.6 Å². The summed E-state index contributed by atoms with van der Waals surface area (Å²) in [5.74, 6) is 1.67. The van der Waals surface area contributed by atoms with Gasteiger partial charge in [0.05, 0.1) is 0 Å². The van der Waals surface area contributed by atoms with Crippen LogP contribution >= 0.6 is 11.3 Å². The van der Waals surface area contributed by atoms with Crippen molar-refractivity contribution >= 4 is 17.3 Å². The lowest BCUT2D eigenvalue weighted by Crippen LogP contribution is -2.39. The quantitative estimate of drug-likeness (QED) is 0.405. The van der Waals surface area contributed by atoms with E-state index in [1.54, 1.807) is 0 Å². The molecule has 2 N–H and O–H groups in total. The maximum Gasteiger partial charge on any atom is 0.191 e. The van der Waals surface area contributed by atoms with Gasteiger partial charge in [0, 0.05) is 37.6 Å². The van der Waals surface area contributed by atoms with Crippen molar-refractivity contribution in [2.24, 2.45) is 10.9 Å². The topological polar surface area (TPSA) is 39.7 Å². The first-order valence-electron chi connectivity index (χ1n) is 9.58. The highest BCUT2D eigenvalue weighted by atomic mass is 32.1. The number of nitrogens with zero attached hydrogens (tertiary/aromatic N) is 2. The minimum Gasteiger partial charge on any atom is -0.357 e. The second kappa shape index (κ2) is 11.5. The molecule has 2 heterocycles. The van der Waals surface area contributed by atoms with E-state index in [1.807, 2.05) is 11.3 Å². The Balaban J connectivity index is 1.76. The molecule has 1 aliphatic rings. The van der Waals surface area contributed by atoms with Crippen molar-refractivity contribution in [3.63, 3.8) is 0 Å². The van der Waals surface area contributed by atoms with Gasteiger partial charge in [-0.3, -0.25) is 9.89 Å². The molecule has 0 saturated carbocycles. The Morgan fingerprint density at radius 3 is 3.00 bits per heavy atom. The number of aliphatic imine (C=N–C) groups is 1. The number of piperidine rings is 1. The molecule has 1 aromatic rings. The van der Waals surface area contributed by atoms with E-state index in [2.05, 4.69) is 46.9 Å². The van der Waals surface area contributed by atoms with Crippen LogP contribution in [-0.2, 0) is 6.54 Å². The standard InChI is InChI=1S/C19H34N4S/c1-3-5-6-11-21-19(20-4-2)22-14-17-9-7-12-23(15-17)16-18-10-8-13-24-18/h8,10,13,17H,3-7,9,11-12,14-16H2,1-2H3,(H2,20,21,22). The number of thiophene rings is 1. The van der Waals surface area contributed by atoms with Gasteiger partial charge in [0.25, 0.3) is 0 Å². The lowest BCUT2D eigenvalue weighted by atomic mass is 9.98. The van der Waals surface area contributed by atoms with Gasteiger partial charge in [0.2, 0.25) is 0 Å². The smallest absolute Gasteiger partial charge is 0.191 e. The molecular formula is C19H34N4S. The Labute approximate surface area is 151 Å². The molecule has 1 aliphatic heterocycles. The molecule has 0 amide bonds. The average Bonchev–Trinajstić information content (AvgIpc) is 3.10. The SMILES string of the molecule is CCCCCNC(=NCC1CCCN(Cc2cccs2)C1)NCC. The van der Waals surface area contributed by atoms with E-state index < -0.39 is 0 Å². The number of hydrogen-bond acceptors (Lipinski definition) is 3. The molecule has 136 valence electrons. The fourth-order valence-electron chi connectivity index (χ4n) is 3.21. The third-order valence-corrected chi connectivity index (χ3v) is 5.35. The molecule has 2 rings (SSSR count). The van der Waals surface area contributed by atoms with Crippen LogP contribution in [0.25, 0.3) is 0 Å². The summed E-state index contributed by atoms with van der Waals surface area (Å²) < 4.78 is 0. The first kappa shape index (κ1) is 19.3. The van der Waals surface area contributed by atoms with Gasteiger partial charge in [-0.05, 0) is 50.1 Å². The molecule has 1 atom stereocenters. The van der Waals surface area contributed by atoms with E-state index in [-0.39, 0.29) is 0 Å². The van der Waals surface area contributed by atoms with Crippen LogP contribution in [0.15, 0.2) is 22.5 Å². The Kier molecular flexibility index (Phi) is 9.21. The normalized spacial score (nSPS) is 19.4. The Morgan fingerprint density at radius 1 is 1.33 bits per heavy atom. The van der Waals surface area contributed by atoms with Crippen molar-refractivity contribution in [3.8, 4) is 0 Å². The highest BCUT2D eigenvalue weighted by molar-refractivity contribution is 7.09. The van der Waals surface area contributed by atoms with Gasteiger partial charge in [-0.25, -0.2) is 0 Å². The summed E-state index contributed by atoms with van der Waals surface area (Å²) in [6, 6.07) is 4.40. The summed E-state index contributed by atoms with van der Waals surface area (Å²) in [6.45, 7) is 10.8. The minimum absolute atomic E-state index is 0.685. The molecule has 0 aliphatic carbocycles. The van der Waals surface area contributed by atoms with Gasteiger partial charge in [-0.15, -0.1) is 11.3 Å². The zero-order valence-electron chi connectivity index (χ0n) is 15.4. The molecule has 1 fully saturated rings. The third kappa shape index (κ3) is 7.22. The molecule has 1 unspecified atom stereocenters. The van der Waals surface area contributed by atoms with E-state index in [4.69, 9.17) is 4.99 Å². The average molecular weight is 351 g/mol. The summed E-state index contributed by atoms with van der Waals surface area (Å²) >= 11 is 1.87. The molecule has 0 aromatic carbocycles. The minimum atomic E-state index is 0.685. The molecule has 1 saturated heterocycles. The number of likely N-dealkylation sites (tertiary alicyclic amines) is 1. The Bertz CT molecular complexity index is 458. The second-order valence-electron chi connectivity index (χ2n) is 6.68. The third-order valence-electron chi connectivity index (χ3n) is 4.49. The second-order valence-corrected chi connectivity index (χ2v) is 7.71. The fraction of sp³-hybridized carbons (Fsp3) is 0.737. The fourth-order valence-corrected chi connectivity index (χ4v) is 3.96. The summed E-state index contributed by atoms with van der Waals surface area (Å²) in [7, 11) is 0. The van der Waals surface area contributed by atoms with Crippen molar-refractivity contribution in [3.05, 3.63) is 22.4 Å². The number of hydrogen-bond donors (Lipinski definition) is 2. The summed E-state index contributed by atoms with van der Waals surface area (Å²) in [6.07, 6.45) is 6.37. The lowest BCUT2D eigenvalue weighted by Gasteiger charge is -2.31. The monoisotopic (exact) mass is 350 g/mol. The highest BCUT2D eigenvalue weighted by Gasteiger charge is 2.20. The van der Waals surface area contributed by atoms with E-state index in [0.29, 0.717) is 5.92 Å². The molecule has 0 spiro atoms. The van der Waals surface area contributed by atoms with Gasteiger partial charge in [-0.2, -0.15) is 0 Å². The summed E-state index contributed by atoms with van der Waals surface area (Å²) in [5.41, 5.74) is 0. The molecular weight excluding hydrogens is 316 g/mol. The first-order valence-corrected chi connectivity index (χ1v) is 10.5. The number of unbranched alkanes of at least 4 members (excludes halogenated alkanes) is 2. The zero-order valence-corrected chi connectivity index (χ0v) is 16.2. The molecule has 5 heteroatoms. The lowest BCUT2D eigenvalue weighted by molar-refractivity contribution is 0.172. The van der Waals surface area contributed by atoms with Crippen molar-refractivity contribution in [2.45, 2.75) is 52.5 Å². The van der Waals surface area contributed by atoms with Crippen LogP contribution in [0.2, 0.25) is 0 Å². The maximum atomic E-state index is 4.84. The van der Waals surface area contributed by atoms with Crippen LogP contribution < -0.4 is 10.6 Å². The van der Waals surface area contributed by atoms with Crippen molar-refractivity contribution in [1.82, 2.24) is 15.5 Å². The van der Waals surface area contributed by atoms with E-state index >= 15 is 0 Å². The number of rotatable bonds is 9. The van der Waals surface area contributed by atoms with Crippen LogP contribution in [0.4, 0.5) is 0 Å². The highest BCUT2D eigenvalue weighted by Crippen LogP contribution is 2.20. The molecule has 24 heavy (non-hydrogen) atoms. The van der Waals surface area contributed by atoms with Crippen molar-refractivity contribution < 1.29 is 0 Å². The Hall–Kier alpha value is -1.07. The van der Waals surface area contributed by atoms with Crippen LogP contribution in [0.3, 0.4) is 0 Å². The van der Waals surface area contributed by atoms with E-state index in [9.17, 15) is 0 Å². The summed E-state index contributed by atoms with van der Waals surface area (Å²) in [5, 5.41) is 9.02. The van der Waals surface area contributed by atoms with Crippen molar-refractivity contribution in [1.29, 1.82) is 0 Å². The predicted octanol–water partition coefficient (Wildman–Crippen LogP) is 3.71. The molecule has 0 radical (unpaired) electrons. The zero-order chi connectivity index (χ0) is 17.0. The van der Waals surface area contributed by atoms with Crippen LogP contribution in [0.1, 0.15) is 50.8 Å². The molecule has 4 nitrogen and oxygen atoms in total. The summed E-state index contributed by atoms with van der Waals surface area (Å²) in [4.78, 5) is 8.91. The largest absolute Gasteiger partial charge is 0.357 e. The predicted molar refractivity (Wildman–Crippen MR) is 106 cm³/mol. The number of nitrogens with one attached hydrogen (secondary N) is 2. The van der Waals surface area contributed by atoms with Gasteiger partial charge >= 0.3 is 0 Å². The van der Waals surface area contributed by atoms with Crippen LogP contribution in [0.5, 0.6) is 0 Å².